The highest BCUT2D eigenvalue weighted by molar-refractivity contribution is 5.17. The molecule has 0 saturated carbocycles. The summed E-state index contributed by atoms with van der Waals surface area (Å²) >= 11 is 0. The highest BCUT2D eigenvalue weighted by atomic mass is 13.9. The third-order valence-electron chi connectivity index (χ3n) is 1.44. The second kappa shape index (κ2) is 22.9. The molecule has 0 unspecified atom stereocenters. The molecule has 86 valence electrons. The molecule has 0 N–H and O–H groups in total. The fraction of sp³-hybridized carbons (Fsp3) is 0.714. The SMILES string of the molecule is CC.CC.CC/C=C\C(=C/CC)CC. The molecule has 0 spiro atoms. The van der Waals surface area contributed by atoms with Crippen molar-refractivity contribution in [3.8, 4) is 0 Å². The van der Waals surface area contributed by atoms with Gasteiger partial charge in [-0.2, -0.15) is 0 Å². The van der Waals surface area contributed by atoms with Crippen LogP contribution in [0.3, 0.4) is 0 Å². The highest BCUT2D eigenvalue weighted by Gasteiger charge is 1.83. The number of allylic oxidation sites excluding steroid dienone is 4. The Kier molecular flexibility index (Phi) is 31.2. The van der Waals surface area contributed by atoms with Crippen molar-refractivity contribution in [2.75, 3.05) is 0 Å². The van der Waals surface area contributed by atoms with Crippen molar-refractivity contribution >= 4 is 0 Å². The van der Waals surface area contributed by atoms with Crippen LogP contribution >= 0.6 is 0 Å². The van der Waals surface area contributed by atoms with E-state index in [0.29, 0.717) is 0 Å². The van der Waals surface area contributed by atoms with Gasteiger partial charge in [0.2, 0.25) is 0 Å². The molecule has 14 heavy (non-hydrogen) atoms. The van der Waals surface area contributed by atoms with Gasteiger partial charge in [-0.1, -0.05) is 72.3 Å². The maximum absolute atomic E-state index is 2.28. The summed E-state index contributed by atoms with van der Waals surface area (Å²) in [5, 5.41) is 0. The van der Waals surface area contributed by atoms with Crippen molar-refractivity contribution in [3.63, 3.8) is 0 Å². The zero-order chi connectivity index (χ0) is 11.8. The molecule has 0 radical (unpaired) electrons. The van der Waals surface area contributed by atoms with E-state index in [2.05, 4.69) is 39.0 Å². The van der Waals surface area contributed by atoms with E-state index in [4.69, 9.17) is 0 Å². The molecule has 0 fully saturated rings. The second-order valence-electron chi connectivity index (χ2n) is 2.35. The van der Waals surface area contributed by atoms with Crippen molar-refractivity contribution in [2.45, 2.75) is 67.7 Å². The van der Waals surface area contributed by atoms with E-state index in [1.807, 2.05) is 27.7 Å². The predicted molar refractivity (Wildman–Crippen MR) is 70.8 cm³/mol. The van der Waals surface area contributed by atoms with Crippen LogP contribution in [0.2, 0.25) is 0 Å². The van der Waals surface area contributed by atoms with Gasteiger partial charge in [-0.15, -0.1) is 0 Å². The fourth-order valence-corrected chi connectivity index (χ4v) is 0.862. The minimum Gasteiger partial charge on any atom is -0.0845 e. The van der Waals surface area contributed by atoms with E-state index < -0.39 is 0 Å². The van der Waals surface area contributed by atoms with E-state index >= 15 is 0 Å². The Morgan fingerprint density at radius 1 is 0.857 bits per heavy atom. The Bertz CT molecular complexity index is 118. The smallest absolute Gasteiger partial charge is 0.0311 e. The highest BCUT2D eigenvalue weighted by Crippen LogP contribution is 2.03. The normalized spacial score (nSPS) is 10.1. The summed E-state index contributed by atoms with van der Waals surface area (Å²) in [6.07, 6.45) is 10.2. The summed E-state index contributed by atoms with van der Waals surface area (Å²) < 4.78 is 0. The van der Waals surface area contributed by atoms with Gasteiger partial charge in [-0.25, -0.2) is 0 Å². The molecule has 0 aliphatic heterocycles. The molecule has 0 bridgehead atoms. The van der Waals surface area contributed by atoms with Gasteiger partial charge in [0.1, 0.15) is 0 Å². The van der Waals surface area contributed by atoms with Crippen LogP contribution < -0.4 is 0 Å². The van der Waals surface area contributed by atoms with E-state index in [0.717, 1.165) is 19.3 Å². The van der Waals surface area contributed by atoms with E-state index in [9.17, 15) is 0 Å². The van der Waals surface area contributed by atoms with Crippen molar-refractivity contribution in [1.82, 2.24) is 0 Å². The largest absolute Gasteiger partial charge is 0.0845 e. The van der Waals surface area contributed by atoms with Gasteiger partial charge in [-0.05, 0) is 19.3 Å². The van der Waals surface area contributed by atoms with Gasteiger partial charge < -0.3 is 0 Å². The topological polar surface area (TPSA) is 0 Å². The van der Waals surface area contributed by atoms with Gasteiger partial charge in [0.15, 0.2) is 0 Å². The molecule has 0 aromatic rings. The lowest BCUT2D eigenvalue weighted by Gasteiger charge is -1.93. The second-order valence-corrected chi connectivity index (χ2v) is 2.35. The maximum atomic E-state index is 2.28. The van der Waals surface area contributed by atoms with Gasteiger partial charge in [0.05, 0.1) is 0 Å². The number of rotatable bonds is 4. The third-order valence-corrected chi connectivity index (χ3v) is 1.44. The average Bonchev–Trinajstić information content (AvgIpc) is 2.29. The van der Waals surface area contributed by atoms with Gasteiger partial charge in [0, 0.05) is 0 Å². The Labute approximate surface area is 92.1 Å². The minimum absolute atomic E-state index is 1.14. The van der Waals surface area contributed by atoms with E-state index in [1.54, 1.807) is 0 Å². The zero-order valence-corrected chi connectivity index (χ0v) is 11.4. The molecule has 0 rings (SSSR count). The van der Waals surface area contributed by atoms with Crippen LogP contribution in [-0.4, -0.2) is 0 Å². The molecule has 0 saturated heterocycles. The van der Waals surface area contributed by atoms with Crippen molar-refractivity contribution in [2.24, 2.45) is 0 Å². The first kappa shape index (κ1) is 19.1. The molecule has 0 aromatic heterocycles. The van der Waals surface area contributed by atoms with E-state index in [1.165, 1.54) is 5.57 Å². The summed E-state index contributed by atoms with van der Waals surface area (Å²) in [7, 11) is 0. The molecule has 0 amide bonds. The number of hydrogen-bond acceptors (Lipinski definition) is 0. The fourth-order valence-electron chi connectivity index (χ4n) is 0.862. The number of hydrogen-bond donors (Lipinski definition) is 0. The predicted octanol–water partition coefficient (Wildman–Crippen LogP) is 5.75. The van der Waals surface area contributed by atoms with Crippen LogP contribution in [0, 0.1) is 0 Å². The standard InChI is InChI=1S/C10H18.2C2H6/c1-4-7-9-10(6-3)8-5-2;2*1-2/h7-9H,4-6H2,1-3H3;2*1-2H3/b9-7-,10-8-;;. The molecule has 0 heteroatoms. The van der Waals surface area contributed by atoms with Gasteiger partial charge >= 0.3 is 0 Å². The van der Waals surface area contributed by atoms with Crippen molar-refractivity contribution < 1.29 is 0 Å². The first-order chi connectivity index (χ1) is 6.85. The van der Waals surface area contributed by atoms with Crippen molar-refractivity contribution in [1.29, 1.82) is 0 Å². The van der Waals surface area contributed by atoms with E-state index in [-0.39, 0.29) is 0 Å². The van der Waals surface area contributed by atoms with Crippen LogP contribution in [0.15, 0.2) is 23.8 Å². The molecule has 0 heterocycles. The molecular weight excluding hydrogens is 168 g/mol. The Morgan fingerprint density at radius 2 is 1.36 bits per heavy atom. The Hall–Kier alpha value is -0.520. The maximum Gasteiger partial charge on any atom is -0.0311 e. The van der Waals surface area contributed by atoms with Crippen LogP contribution in [-0.2, 0) is 0 Å². The van der Waals surface area contributed by atoms with Crippen LogP contribution in [0.4, 0.5) is 0 Å². The van der Waals surface area contributed by atoms with Crippen LogP contribution in [0.1, 0.15) is 67.7 Å². The third kappa shape index (κ3) is 17.5. The first-order valence-corrected chi connectivity index (χ1v) is 6.20. The molecule has 0 aliphatic carbocycles. The Morgan fingerprint density at radius 3 is 1.64 bits per heavy atom. The summed E-state index contributed by atoms with van der Waals surface area (Å²) in [6, 6.07) is 0. The zero-order valence-electron chi connectivity index (χ0n) is 11.4. The minimum atomic E-state index is 1.14. The average molecular weight is 198 g/mol. The van der Waals surface area contributed by atoms with Crippen LogP contribution in [0.5, 0.6) is 0 Å². The summed E-state index contributed by atoms with van der Waals surface area (Å²) in [6.45, 7) is 14.5. The van der Waals surface area contributed by atoms with Crippen molar-refractivity contribution in [3.05, 3.63) is 23.8 Å². The summed E-state index contributed by atoms with van der Waals surface area (Å²) in [5.41, 5.74) is 1.46. The van der Waals surface area contributed by atoms with Crippen LogP contribution in [0.25, 0.3) is 0 Å². The Balaban J connectivity index is -0.000000266. The molecule has 0 atom stereocenters. The summed E-state index contributed by atoms with van der Waals surface area (Å²) in [5.74, 6) is 0. The van der Waals surface area contributed by atoms with Gasteiger partial charge in [-0.3, -0.25) is 0 Å². The van der Waals surface area contributed by atoms with Gasteiger partial charge in [0.25, 0.3) is 0 Å². The summed E-state index contributed by atoms with van der Waals surface area (Å²) in [4.78, 5) is 0. The molecular formula is C14H30. The first-order valence-electron chi connectivity index (χ1n) is 6.20. The lowest BCUT2D eigenvalue weighted by molar-refractivity contribution is 1.09. The lowest BCUT2D eigenvalue weighted by Crippen LogP contribution is -1.73. The molecule has 0 aliphatic rings. The lowest BCUT2D eigenvalue weighted by atomic mass is 10.1. The molecule has 0 nitrogen and oxygen atoms in total. The monoisotopic (exact) mass is 198 g/mol. The quantitative estimate of drug-likeness (QED) is 0.504. The molecule has 0 aromatic carbocycles.